The fourth-order valence-corrected chi connectivity index (χ4v) is 6.94. The Morgan fingerprint density at radius 3 is 1.77 bits per heavy atom. The number of hydrogen-bond donors (Lipinski definition) is 0. The summed E-state index contributed by atoms with van der Waals surface area (Å²) in [5.74, 6) is 0. The summed E-state index contributed by atoms with van der Waals surface area (Å²) in [5, 5.41) is -5.20. The average molecular weight is 694 g/mol. The number of benzene rings is 9. The van der Waals surface area contributed by atoms with Crippen LogP contribution in [0.15, 0.2) is 174 Å². The minimum atomic E-state index is -3.33. The Labute approximate surface area is 346 Å². The van der Waals surface area contributed by atoms with Gasteiger partial charge in [0, 0.05) is 25.7 Å². The van der Waals surface area contributed by atoms with Crippen molar-refractivity contribution < 1.29 is 46.9 Å². The molecule has 1 atom stereocenters. The van der Waals surface area contributed by atoms with Crippen LogP contribution in [0.2, 0.25) is 0 Å². The lowest BCUT2D eigenvalue weighted by Gasteiger charge is -2.23. The molecule has 0 amide bonds. The monoisotopic (exact) mass is 693 g/mol. The standard InChI is InChI=1S/C51H34O/c1-51(2)44-20-10-9-14-37(44)38-28-27-34(30-45(38)51)48-41-17-7-5-15-39(41)47(40-16-6-8-18-42(40)48)33-24-22-32(23-25-33)35-19-11-21-46-49(35)43-29-26-31-12-3-4-13-36(31)50(43)52-46/h3-30H,1-2H3/i1D3,3D,4D,5D,6D,7D,8D,9D,10D,11D,12D,13D,14D,15D,16D,17D,18D,19D,20D,21D,22D,23D,24D,25D,26D,27D,28D,29D,30D. The molecule has 1 aromatic heterocycles. The van der Waals surface area contributed by atoms with Gasteiger partial charge in [-0.15, -0.1) is 0 Å². The summed E-state index contributed by atoms with van der Waals surface area (Å²) in [6.07, 6.45) is 0. The van der Waals surface area contributed by atoms with Crippen molar-refractivity contribution in [3.63, 3.8) is 0 Å². The third-order valence-corrected chi connectivity index (χ3v) is 9.25. The zero-order valence-corrected chi connectivity index (χ0v) is 26.4. The normalized spacial score (nSPS) is 23.8. The quantitative estimate of drug-likeness (QED) is 0.168. The van der Waals surface area contributed by atoms with Crippen molar-refractivity contribution in [2.24, 2.45) is 0 Å². The van der Waals surface area contributed by atoms with Crippen molar-refractivity contribution in [3.05, 3.63) is 180 Å². The van der Waals surface area contributed by atoms with E-state index in [1.165, 1.54) is 0 Å². The molecule has 52 heavy (non-hydrogen) atoms. The Bertz CT molecular complexity index is 4710. The molecule has 1 heterocycles. The van der Waals surface area contributed by atoms with E-state index < -0.39 is 291 Å². The van der Waals surface area contributed by atoms with Crippen LogP contribution in [0.25, 0.3) is 98.8 Å². The maximum Gasteiger partial charge on any atom is 0.143 e. The predicted octanol–water partition coefficient (Wildman–Crippen LogP) is 14.4. The third-order valence-electron chi connectivity index (χ3n) is 9.25. The van der Waals surface area contributed by atoms with E-state index in [4.69, 9.17) is 30.5 Å². The highest BCUT2D eigenvalue weighted by Gasteiger charge is 2.35. The van der Waals surface area contributed by atoms with E-state index >= 15 is 0 Å². The Kier molecular flexibility index (Phi) is 2.50. The van der Waals surface area contributed by atoms with E-state index in [2.05, 4.69) is 0 Å². The van der Waals surface area contributed by atoms with Crippen LogP contribution in [-0.4, -0.2) is 0 Å². The third kappa shape index (κ3) is 4.05. The van der Waals surface area contributed by atoms with Gasteiger partial charge >= 0.3 is 0 Å². The smallest absolute Gasteiger partial charge is 0.143 e. The van der Waals surface area contributed by atoms with Crippen molar-refractivity contribution in [2.45, 2.75) is 19.2 Å². The molecular formula is C51H34O. The van der Waals surface area contributed by atoms with Crippen LogP contribution < -0.4 is 0 Å². The maximum atomic E-state index is 9.98. The van der Waals surface area contributed by atoms with Crippen molar-refractivity contribution >= 4 is 54.3 Å². The molecule has 0 saturated carbocycles. The molecule has 1 aliphatic rings. The summed E-state index contributed by atoms with van der Waals surface area (Å²) in [7, 11) is 0. The summed E-state index contributed by atoms with van der Waals surface area (Å²) in [6, 6.07) is -26.8. The molecule has 0 aliphatic heterocycles. The molecule has 0 spiro atoms. The van der Waals surface area contributed by atoms with Crippen LogP contribution in [0.4, 0.5) is 0 Å². The number of fused-ring (bicyclic) bond motifs is 10. The minimum Gasteiger partial charge on any atom is -0.455 e. The zero-order valence-electron chi connectivity index (χ0n) is 57.4. The summed E-state index contributed by atoms with van der Waals surface area (Å²) in [5.41, 5.74) is -11.1. The highest BCUT2D eigenvalue weighted by molar-refractivity contribution is 6.22. The molecule has 1 aliphatic carbocycles. The van der Waals surface area contributed by atoms with Gasteiger partial charge in [0.05, 0.1) is 38.4 Å². The Balaban J connectivity index is 1.35. The van der Waals surface area contributed by atoms with Gasteiger partial charge in [-0.2, -0.15) is 0 Å². The fourth-order valence-electron chi connectivity index (χ4n) is 6.94. The highest BCUT2D eigenvalue weighted by atomic mass is 16.3. The molecule has 9 aromatic carbocycles. The predicted molar refractivity (Wildman–Crippen MR) is 220 cm³/mol. The van der Waals surface area contributed by atoms with Crippen LogP contribution in [0.5, 0.6) is 0 Å². The van der Waals surface area contributed by atoms with E-state index in [-0.39, 0.29) is 0 Å². The first-order valence-corrected chi connectivity index (χ1v) is 15.7. The average Bonchev–Trinajstić information content (AvgIpc) is 1.83. The lowest BCUT2D eigenvalue weighted by Crippen LogP contribution is -2.14. The molecule has 10 aromatic rings. The summed E-state index contributed by atoms with van der Waals surface area (Å²) in [4.78, 5) is 0. The van der Waals surface area contributed by atoms with Gasteiger partial charge in [0.25, 0.3) is 0 Å². The Hall–Kier alpha value is -6.44. The molecule has 11 rings (SSSR count). The lowest BCUT2D eigenvalue weighted by atomic mass is 9.80. The van der Waals surface area contributed by atoms with Crippen LogP contribution in [0.1, 0.15) is 67.4 Å². The molecule has 1 heteroatoms. The van der Waals surface area contributed by atoms with Crippen LogP contribution >= 0.6 is 0 Å². The van der Waals surface area contributed by atoms with E-state index in [9.17, 15) is 16.4 Å². The molecule has 1 unspecified atom stereocenters. The molecule has 0 bridgehead atoms. The van der Waals surface area contributed by atoms with Gasteiger partial charge in [-0.1, -0.05) is 165 Å². The van der Waals surface area contributed by atoms with Gasteiger partial charge in [0.15, 0.2) is 0 Å². The summed E-state index contributed by atoms with van der Waals surface area (Å²) >= 11 is 0. The first-order chi connectivity index (χ1) is 38.5. The number of hydrogen-bond acceptors (Lipinski definition) is 1. The molecular weight excluding hydrogens is 629 g/mol. The Morgan fingerprint density at radius 2 is 1.04 bits per heavy atom. The second-order valence-electron chi connectivity index (χ2n) is 12.1. The van der Waals surface area contributed by atoms with Gasteiger partial charge in [-0.25, -0.2) is 0 Å². The summed E-state index contributed by atoms with van der Waals surface area (Å²) < 4.78 is 288. The van der Waals surface area contributed by atoms with Crippen LogP contribution in [0, 0.1) is 0 Å². The molecule has 0 saturated heterocycles. The number of furan rings is 1. The van der Waals surface area contributed by atoms with Gasteiger partial charge in [0.2, 0.25) is 0 Å². The fraction of sp³-hybridized carbons (Fsp3) is 0.0588. The summed E-state index contributed by atoms with van der Waals surface area (Å²) in [6.45, 7) is -2.31. The molecule has 0 radical (unpaired) electrons. The van der Waals surface area contributed by atoms with E-state index in [0.29, 0.717) is 0 Å². The van der Waals surface area contributed by atoms with Crippen molar-refractivity contribution in [1.29, 1.82) is 0 Å². The number of rotatable bonds is 3. The van der Waals surface area contributed by atoms with Crippen molar-refractivity contribution in [1.82, 2.24) is 0 Å². The van der Waals surface area contributed by atoms with Crippen molar-refractivity contribution in [2.75, 3.05) is 0 Å². The maximum absolute atomic E-state index is 9.98. The lowest BCUT2D eigenvalue weighted by molar-refractivity contribution is 0.660. The minimum absolute atomic E-state index is 0.447. The topological polar surface area (TPSA) is 13.1 Å². The molecule has 0 fully saturated rings. The SMILES string of the molecule is [2H]c1c([2H])c([2H])c2c(c1[2H])-c1c([2H])c([2H])c(-c3c4c([2H])c([2H])c([2H])c([2H])c4c(-c4c([2H])c([2H])c(-c5c([2H])c([2H])c([2H])c6oc7c8c([2H])c([2H])c([2H])c([2H])c8c([2H])c([2H])c7c56)c([2H])c4[2H])c4c([2H])c([2H])c([2H])c([2H])c34)c([2H])c1C2(C)C([2H])([2H])[2H]. The van der Waals surface area contributed by atoms with Crippen LogP contribution in [-0.2, 0) is 5.41 Å². The van der Waals surface area contributed by atoms with Crippen molar-refractivity contribution in [3.8, 4) is 44.5 Å². The van der Waals surface area contributed by atoms with Gasteiger partial charge in [-0.3, -0.25) is 0 Å². The van der Waals surface area contributed by atoms with E-state index in [0.717, 1.165) is 6.92 Å². The van der Waals surface area contributed by atoms with Crippen LogP contribution in [0.3, 0.4) is 0 Å². The molecule has 0 N–H and O–H groups in total. The molecule has 244 valence electrons. The van der Waals surface area contributed by atoms with E-state index in [1.807, 2.05) is 0 Å². The van der Waals surface area contributed by atoms with Gasteiger partial charge in [0.1, 0.15) is 11.2 Å². The van der Waals surface area contributed by atoms with Gasteiger partial charge < -0.3 is 4.42 Å². The second-order valence-corrected chi connectivity index (χ2v) is 12.1. The van der Waals surface area contributed by atoms with Gasteiger partial charge in [-0.05, 0) is 101 Å². The largest absolute Gasteiger partial charge is 0.455 e. The highest BCUT2D eigenvalue weighted by Crippen LogP contribution is 2.51. The van der Waals surface area contributed by atoms with E-state index in [1.54, 1.807) is 0 Å². The Morgan fingerprint density at radius 1 is 0.462 bits per heavy atom. The molecule has 1 nitrogen and oxygen atoms in total. The first kappa shape index (κ1) is 12.1. The zero-order chi connectivity index (χ0) is 61.4. The first-order valence-electron chi connectivity index (χ1n) is 31.2. The second kappa shape index (κ2) is 10.8.